The maximum atomic E-state index is 14.6. The Morgan fingerprint density at radius 2 is 1.82 bits per heavy atom. The van der Waals surface area contributed by atoms with Gasteiger partial charge in [0, 0.05) is 17.7 Å². The number of nitrogens with zero attached hydrogens (tertiary/aromatic N) is 2. The summed E-state index contributed by atoms with van der Waals surface area (Å²) in [6.45, 7) is 0.801. The molecule has 168 valence electrons. The number of imidazole rings is 1. The molecule has 5 rings (SSSR count). The van der Waals surface area contributed by atoms with Crippen molar-refractivity contribution in [2.24, 2.45) is 5.92 Å². The molecule has 1 amide bonds. The van der Waals surface area contributed by atoms with Crippen molar-refractivity contribution in [2.45, 2.75) is 32.2 Å². The van der Waals surface area contributed by atoms with Gasteiger partial charge in [0.2, 0.25) is 0 Å². The second kappa shape index (κ2) is 9.02. The molecule has 2 aromatic carbocycles. The zero-order valence-corrected chi connectivity index (χ0v) is 17.9. The van der Waals surface area contributed by atoms with Crippen LogP contribution < -0.4 is 5.32 Å². The fourth-order valence-electron chi connectivity index (χ4n) is 4.47. The van der Waals surface area contributed by atoms with Crippen LogP contribution in [0.4, 0.5) is 14.5 Å². The van der Waals surface area contributed by atoms with Crippen LogP contribution in [0.25, 0.3) is 22.5 Å². The summed E-state index contributed by atoms with van der Waals surface area (Å²) in [7, 11) is 0. The summed E-state index contributed by atoms with van der Waals surface area (Å²) in [5.74, 6) is -0.760. The van der Waals surface area contributed by atoms with E-state index in [4.69, 9.17) is 4.42 Å². The number of nitrogens with one attached hydrogen (secondary N) is 1. The molecule has 0 bridgehead atoms. The Kier molecular flexibility index (Phi) is 5.77. The van der Waals surface area contributed by atoms with E-state index in [1.807, 2.05) is 0 Å². The van der Waals surface area contributed by atoms with E-state index in [0.29, 0.717) is 17.2 Å². The van der Waals surface area contributed by atoms with Crippen LogP contribution in [0.15, 0.2) is 71.6 Å². The van der Waals surface area contributed by atoms with Crippen LogP contribution in [0.1, 0.15) is 36.2 Å². The van der Waals surface area contributed by atoms with E-state index in [1.54, 1.807) is 36.7 Å². The van der Waals surface area contributed by atoms with Gasteiger partial charge in [-0.25, -0.2) is 13.8 Å². The molecule has 4 aromatic rings. The Labute approximate surface area is 190 Å². The van der Waals surface area contributed by atoms with Crippen LogP contribution in [0.5, 0.6) is 0 Å². The van der Waals surface area contributed by atoms with Crippen molar-refractivity contribution < 1.29 is 18.0 Å². The minimum Gasteiger partial charge on any atom is -0.459 e. The third-order valence-corrected chi connectivity index (χ3v) is 6.12. The van der Waals surface area contributed by atoms with Gasteiger partial charge in [-0.05, 0) is 73.4 Å². The lowest BCUT2D eigenvalue weighted by atomic mass is 10.0. The predicted molar refractivity (Wildman–Crippen MR) is 122 cm³/mol. The number of anilines is 1. The molecule has 5 nitrogen and oxygen atoms in total. The van der Waals surface area contributed by atoms with Crippen molar-refractivity contribution in [1.82, 2.24) is 9.55 Å². The van der Waals surface area contributed by atoms with Gasteiger partial charge in [0.25, 0.3) is 5.91 Å². The number of furan rings is 1. The monoisotopic (exact) mass is 447 g/mol. The first-order valence-corrected chi connectivity index (χ1v) is 11.0. The molecule has 0 radical (unpaired) electrons. The van der Waals surface area contributed by atoms with Gasteiger partial charge in [0.05, 0.1) is 29.7 Å². The fourth-order valence-corrected chi connectivity index (χ4v) is 4.47. The molecule has 0 saturated heterocycles. The zero-order chi connectivity index (χ0) is 22.8. The van der Waals surface area contributed by atoms with Gasteiger partial charge >= 0.3 is 0 Å². The van der Waals surface area contributed by atoms with E-state index >= 15 is 0 Å². The van der Waals surface area contributed by atoms with E-state index in [0.717, 1.165) is 30.6 Å². The standard InChI is InChI=1S/C26H23F2N3O2/c27-20-10-7-18(8-11-20)24-25(31(16-29-24)15-17-4-1-2-5-17)19-9-12-21(28)22(14-19)30-26(32)23-6-3-13-33-23/h3,6-14,16-17H,1-2,4-5,15H2,(H,30,32). The van der Waals surface area contributed by atoms with Gasteiger partial charge in [0.1, 0.15) is 11.6 Å². The Morgan fingerprint density at radius 3 is 2.55 bits per heavy atom. The van der Waals surface area contributed by atoms with Gasteiger partial charge in [-0.15, -0.1) is 0 Å². The molecule has 1 aliphatic rings. The molecular formula is C26H23F2N3O2. The highest BCUT2D eigenvalue weighted by molar-refractivity contribution is 6.02. The molecule has 1 aliphatic carbocycles. The Morgan fingerprint density at radius 1 is 1.06 bits per heavy atom. The summed E-state index contributed by atoms with van der Waals surface area (Å²) >= 11 is 0. The smallest absolute Gasteiger partial charge is 0.291 e. The van der Waals surface area contributed by atoms with E-state index in [2.05, 4.69) is 14.9 Å². The van der Waals surface area contributed by atoms with Gasteiger partial charge in [-0.2, -0.15) is 0 Å². The minimum absolute atomic E-state index is 0.0487. The molecule has 2 aromatic heterocycles. The molecule has 0 unspecified atom stereocenters. The molecule has 33 heavy (non-hydrogen) atoms. The molecule has 7 heteroatoms. The highest BCUT2D eigenvalue weighted by Crippen LogP contribution is 2.35. The van der Waals surface area contributed by atoms with Crippen molar-refractivity contribution >= 4 is 11.6 Å². The number of aromatic nitrogens is 2. The molecular weight excluding hydrogens is 424 g/mol. The molecule has 1 fully saturated rings. The van der Waals surface area contributed by atoms with Crippen molar-refractivity contribution in [3.8, 4) is 22.5 Å². The summed E-state index contributed by atoms with van der Waals surface area (Å²) in [4.78, 5) is 17.1. The van der Waals surface area contributed by atoms with E-state index in [-0.39, 0.29) is 17.3 Å². The van der Waals surface area contributed by atoms with Crippen molar-refractivity contribution in [2.75, 3.05) is 5.32 Å². The first-order valence-electron chi connectivity index (χ1n) is 11.0. The van der Waals surface area contributed by atoms with Gasteiger partial charge in [-0.3, -0.25) is 4.79 Å². The number of hydrogen-bond acceptors (Lipinski definition) is 3. The minimum atomic E-state index is -0.552. The van der Waals surface area contributed by atoms with Crippen LogP contribution in [-0.4, -0.2) is 15.5 Å². The Hall–Kier alpha value is -3.74. The van der Waals surface area contributed by atoms with Crippen LogP contribution in [-0.2, 0) is 6.54 Å². The summed E-state index contributed by atoms with van der Waals surface area (Å²) in [6.07, 6.45) is 7.95. The normalized spacial score (nSPS) is 14.0. The molecule has 1 N–H and O–H groups in total. The summed E-state index contributed by atoms with van der Waals surface area (Å²) < 4.78 is 35.3. The quantitative estimate of drug-likeness (QED) is 0.366. The first-order chi connectivity index (χ1) is 16.1. The number of hydrogen-bond donors (Lipinski definition) is 1. The van der Waals surface area contributed by atoms with Gasteiger partial charge < -0.3 is 14.3 Å². The highest BCUT2D eigenvalue weighted by Gasteiger charge is 2.22. The van der Waals surface area contributed by atoms with Crippen LogP contribution in [0.2, 0.25) is 0 Å². The van der Waals surface area contributed by atoms with Crippen LogP contribution in [0, 0.1) is 17.6 Å². The SMILES string of the molecule is O=C(Nc1cc(-c2c(-c3ccc(F)cc3)ncn2CC2CCCC2)ccc1F)c1ccco1. The van der Waals surface area contributed by atoms with Crippen molar-refractivity contribution in [3.63, 3.8) is 0 Å². The summed E-state index contributed by atoms with van der Waals surface area (Å²) in [6, 6.07) is 13.9. The molecule has 2 heterocycles. The first kappa shape index (κ1) is 21.1. The molecule has 1 saturated carbocycles. The van der Waals surface area contributed by atoms with Crippen LogP contribution >= 0.6 is 0 Å². The maximum Gasteiger partial charge on any atom is 0.291 e. The second-order valence-electron chi connectivity index (χ2n) is 8.38. The molecule has 0 spiro atoms. The third-order valence-electron chi connectivity index (χ3n) is 6.12. The lowest BCUT2D eigenvalue weighted by Crippen LogP contribution is -2.12. The molecule has 0 atom stereocenters. The number of benzene rings is 2. The number of amides is 1. The van der Waals surface area contributed by atoms with Gasteiger partial charge in [-0.1, -0.05) is 12.8 Å². The number of rotatable bonds is 6. The number of carbonyl (C=O) groups is 1. The zero-order valence-electron chi connectivity index (χ0n) is 17.9. The second-order valence-corrected chi connectivity index (χ2v) is 8.38. The number of carbonyl (C=O) groups excluding carboxylic acids is 1. The predicted octanol–water partition coefficient (Wildman–Crippen LogP) is 6.53. The van der Waals surface area contributed by atoms with Gasteiger partial charge in [0.15, 0.2) is 5.76 Å². The maximum absolute atomic E-state index is 14.6. The van der Waals surface area contributed by atoms with E-state index in [9.17, 15) is 13.6 Å². The lowest BCUT2D eigenvalue weighted by Gasteiger charge is -2.16. The van der Waals surface area contributed by atoms with E-state index in [1.165, 1.54) is 43.4 Å². The average Bonchev–Trinajstić information content (AvgIpc) is 3.59. The topological polar surface area (TPSA) is 60.1 Å². The van der Waals surface area contributed by atoms with Crippen LogP contribution in [0.3, 0.4) is 0 Å². The van der Waals surface area contributed by atoms with Crippen molar-refractivity contribution in [1.29, 1.82) is 0 Å². The lowest BCUT2D eigenvalue weighted by molar-refractivity contribution is 0.0996. The Balaban J connectivity index is 1.55. The molecule has 0 aliphatic heterocycles. The summed E-state index contributed by atoms with van der Waals surface area (Å²) in [5.41, 5.74) is 3.01. The van der Waals surface area contributed by atoms with Crippen molar-refractivity contribution in [3.05, 3.63) is 84.6 Å². The third kappa shape index (κ3) is 4.44. The van der Waals surface area contributed by atoms with E-state index < -0.39 is 11.7 Å². The fraction of sp³-hybridized carbons (Fsp3) is 0.231. The largest absolute Gasteiger partial charge is 0.459 e. The Bertz CT molecular complexity index is 1260. The summed E-state index contributed by atoms with van der Waals surface area (Å²) in [5, 5.41) is 2.59. The highest BCUT2D eigenvalue weighted by atomic mass is 19.1. The average molecular weight is 447 g/mol. The number of halogens is 2.